The van der Waals surface area contributed by atoms with Crippen molar-refractivity contribution in [1.29, 1.82) is 0 Å². The topological polar surface area (TPSA) is 47.4 Å². The Bertz CT molecular complexity index is 1030. The van der Waals surface area contributed by atoms with E-state index >= 15 is 0 Å². The number of carbonyl (C=O) groups is 1. The second-order valence-corrected chi connectivity index (χ2v) is 8.02. The lowest BCUT2D eigenvalue weighted by Gasteiger charge is -2.18. The van der Waals surface area contributed by atoms with Crippen LogP contribution in [0.15, 0.2) is 59.6 Å². The van der Waals surface area contributed by atoms with Crippen LogP contribution < -0.4 is 9.64 Å². The zero-order chi connectivity index (χ0) is 19.7. The van der Waals surface area contributed by atoms with E-state index in [-0.39, 0.29) is 11.8 Å². The summed E-state index contributed by atoms with van der Waals surface area (Å²) in [6.45, 7) is 7.81. The Hall–Kier alpha value is -2.60. The lowest BCUT2D eigenvalue weighted by atomic mass is 10.1. The highest BCUT2D eigenvalue weighted by Crippen LogP contribution is 2.34. The summed E-state index contributed by atoms with van der Waals surface area (Å²) in [5.74, 6) is 1.90. The summed E-state index contributed by atoms with van der Waals surface area (Å²) < 4.78 is 8.54. The van der Waals surface area contributed by atoms with E-state index in [1.165, 1.54) is 0 Å². The van der Waals surface area contributed by atoms with E-state index < -0.39 is 0 Å². The molecule has 144 valence electrons. The minimum Gasteiger partial charge on any atom is -0.494 e. The summed E-state index contributed by atoms with van der Waals surface area (Å²) in [5, 5.41) is 0. The number of benzene rings is 2. The SMILES string of the molecule is C=C(Br)Cn1c([C@H]2CC(=O)N(c3ccc(OCC)cc3)C2)nc2ccccc21. The maximum Gasteiger partial charge on any atom is 0.227 e. The normalized spacial score (nSPS) is 16.7. The molecule has 2 aromatic carbocycles. The largest absolute Gasteiger partial charge is 0.494 e. The van der Waals surface area contributed by atoms with Crippen molar-refractivity contribution in [2.45, 2.75) is 25.8 Å². The molecule has 0 radical (unpaired) electrons. The van der Waals surface area contributed by atoms with E-state index in [0.717, 1.165) is 32.8 Å². The standard InChI is InChI=1S/C22H22BrN3O2/c1-3-28-18-10-8-17(9-11-18)25-14-16(12-21(25)27)22-24-19-6-4-5-7-20(19)26(22)13-15(2)23/h4-11,16H,2-3,12-14H2,1H3/t16-/m0/s1. The van der Waals surface area contributed by atoms with Gasteiger partial charge in [-0.05, 0) is 43.3 Å². The molecule has 3 aromatic rings. The number of carbonyl (C=O) groups excluding carboxylic acids is 1. The number of para-hydroxylation sites is 2. The molecule has 1 saturated heterocycles. The van der Waals surface area contributed by atoms with Gasteiger partial charge in [-0.3, -0.25) is 4.79 Å². The van der Waals surface area contributed by atoms with Gasteiger partial charge in [0, 0.05) is 29.1 Å². The van der Waals surface area contributed by atoms with Crippen LogP contribution in [0.4, 0.5) is 5.69 Å². The molecule has 28 heavy (non-hydrogen) atoms. The van der Waals surface area contributed by atoms with Gasteiger partial charge in [-0.15, -0.1) is 0 Å². The molecule has 0 unspecified atom stereocenters. The number of hydrogen-bond donors (Lipinski definition) is 0. The Labute approximate surface area is 172 Å². The number of fused-ring (bicyclic) bond motifs is 1. The van der Waals surface area contributed by atoms with Crippen LogP contribution in [0.2, 0.25) is 0 Å². The summed E-state index contributed by atoms with van der Waals surface area (Å²) >= 11 is 3.47. The molecule has 1 aliphatic rings. The molecular formula is C22H22BrN3O2. The predicted octanol–water partition coefficient (Wildman–Crippen LogP) is 4.86. The number of imidazole rings is 1. The van der Waals surface area contributed by atoms with Gasteiger partial charge >= 0.3 is 0 Å². The van der Waals surface area contributed by atoms with Gasteiger partial charge in [0.2, 0.25) is 5.91 Å². The molecule has 2 heterocycles. The molecular weight excluding hydrogens is 418 g/mol. The number of ether oxygens (including phenoxy) is 1. The molecule has 0 spiro atoms. The van der Waals surface area contributed by atoms with Crippen LogP contribution in [0.25, 0.3) is 11.0 Å². The zero-order valence-corrected chi connectivity index (χ0v) is 17.4. The molecule has 1 atom stereocenters. The van der Waals surface area contributed by atoms with E-state index in [4.69, 9.17) is 9.72 Å². The van der Waals surface area contributed by atoms with Gasteiger partial charge in [0.15, 0.2) is 0 Å². The minimum atomic E-state index is 0.0401. The fraction of sp³-hybridized carbons (Fsp3) is 0.273. The van der Waals surface area contributed by atoms with Crippen LogP contribution in [0, 0.1) is 0 Å². The molecule has 0 aliphatic carbocycles. The van der Waals surface area contributed by atoms with Gasteiger partial charge in [-0.2, -0.15) is 0 Å². The number of nitrogens with zero attached hydrogens (tertiary/aromatic N) is 3. The Morgan fingerprint density at radius 1 is 1.25 bits per heavy atom. The number of anilines is 1. The summed E-state index contributed by atoms with van der Waals surface area (Å²) in [6.07, 6.45) is 0.450. The Balaban J connectivity index is 1.64. The fourth-order valence-electron chi connectivity index (χ4n) is 3.76. The number of rotatable bonds is 6. The molecule has 0 N–H and O–H groups in total. The summed E-state index contributed by atoms with van der Waals surface area (Å²) in [4.78, 5) is 19.4. The number of hydrogen-bond acceptors (Lipinski definition) is 3. The zero-order valence-electron chi connectivity index (χ0n) is 15.8. The van der Waals surface area contributed by atoms with Crippen LogP contribution in [-0.2, 0) is 11.3 Å². The van der Waals surface area contributed by atoms with Gasteiger partial charge in [-0.25, -0.2) is 4.98 Å². The van der Waals surface area contributed by atoms with Crippen molar-refractivity contribution in [2.24, 2.45) is 0 Å². The van der Waals surface area contributed by atoms with E-state index in [1.54, 1.807) is 0 Å². The van der Waals surface area contributed by atoms with Crippen molar-refractivity contribution in [1.82, 2.24) is 9.55 Å². The quantitative estimate of drug-likeness (QED) is 0.550. The number of aromatic nitrogens is 2. The molecule has 1 fully saturated rings. The van der Waals surface area contributed by atoms with Crippen molar-refractivity contribution in [2.75, 3.05) is 18.1 Å². The predicted molar refractivity (Wildman–Crippen MR) is 115 cm³/mol. The van der Waals surface area contributed by atoms with Gasteiger partial charge < -0.3 is 14.2 Å². The van der Waals surface area contributed by atoms with Crippen molar-refractivity contribution in [3.8, 4) is 5.75 Å². The van der Waals surface area contributed by atoms with Crippen molar-refractivity contribution in [3.05, 3.63) is 65.4 Å². The fourth-order valence-corrected chi connectivity index (χ4v) is 4.01. The first-order chi connectivity index (χ1) is 13.6. The second kappa shape index (κ2) is 7.80. The Morgan fingerprint density at radius 2 is 2.00 bits per heavy atom. The number of allylic oxidation sites excluding steroid dienone is 1. The lowest BCUT2D eigenvalue weighted by molar-refractivity contribution is -0.117. The van der Waals surface area contributed by atoms with Crippen LogP contribution in [0.5, 0.6) is 5.75 Å². The van der Waals surface area contributed by atoms with E-state index in [1.807, 2.05) is 54.3 Å². The summed E-state index contributed by atoms with van der Waals surface area (Å²) in [6, 6.07) is 15.7. The molecule has 5 nitrogen and oxygen atoms in total. The maximum absolute atomic E-state index is 12.7. The van der Waals surface area contributed by atoms with Gasteiger partial charge in [0.1, 0.15) is 11.6 Å². The highest BCUT2D eigenvalue weighted by Gasteiger charge is 2.34. The number of amides is 1. The molecule has 0 saturated carbocycles. The molecule has 1 aromatic heterocycles. The van der Waals surface area contributed by atoms with Gasteiger partial charge in [0.05, 0.1) is 24.2 Å². The van der Waals surface area contributed by atoms with E-state index in [2.05, 4.69) is 33.1 Å². The van der Waals surface area contributed by atoms with Crippen molar-refractivity contribution < 1.29 is 9.53 Å². The smallest absolute Gasteiger partial charge is 0.227 e. The molecule has 1 amide bonds. The highest BCUT2D eigenvalue weighted by atomic mass is 79.9. The molecule has 4 rings (SSSR count). The van der Waals surface area contributed by atoms with E-state index in [0.29, 0.717) is 26.1 Å². The molecule has 6 heteroatoms. The summed E-state index contributed by atoms with van der Waals surface area (Å²) in [7, 11) is 0. The first-order valence-corrected chi connectivity index (χ1v) is 10.2. The third-order valence-corrected chi connectivity index (χ3v) is 5.21. The monoisotopic (exact) mass is 439 g/mol. The van der Waals surface area contributed by atoms with Crippen LogP contribution >= 0.6 is 15.9 Å². The third-order valence-electron chi connectivity index (χ3n) is 4.96. The van der Waals surface area contributed by atoms with Crippen LogP contribution in [-0.4, -0.2) is 28.6 Å². The van der Waals surface area contributed by atoms with Gasteiger partial charge in [0.25, 0.3) is 0 Å². The third kappa shape index (κ3) is 3.56. The minimum absolute atomic E-state index is 0.0401. The second-order valence-electron chi connectivity index (χ2n) is 6.89. The highest BCUT2D eigenvalue weighted by molar-refractivity contribution is 9.11. The molecule has 1 aliphatic heterocycles. The lowest BCUT2D eigenvalue weighted by Crippen LogP contribution is -2.24. The summed E-state index contributed by atoms with van der Waals surface area (Å²) in [5.41, 5.74) is 2.90. The van der Waals surface area contributed by atoms with Crippen LogP contribution in [0.3, 0.4) is 0 Å². The first-order valence-electron chi connectivity index (χ1n) is 9.38. The van der Waals surface area contributed by atoms with Crippen molar-refractivity contribution >= 4 is 38.6 Å². The number of halogens is 1. The maximum atomic E-state index is 12.7. The Morgan fingerprint density at radius 3 is 2.71 bits per heavy atom. The average Bonchev–Trinajstić information content (AvgIpc) is 3.23. The van der Waals surface area contributed by atoms with Crippen LogP contribution in [0.1, 0.15) is 25.1 Å². The average molecular weight is 440 g/mol. The Kier molecular flexibility index (Phi) is 5.22. The first kappa shape index (κ1) is 18.7. The van der Waals surface area contributed by atoms with Crippen molar-refractivity contribution in [3.63, 3.8) is 0 Å². The molecule has 0 bridgehead atoms. The van der Waals surface area contributed by atoms with Gasteiger partial charge in [-0.1, -0.05) is 34.6 Å². The van der Waals surface area contributed by atoms with E-state index in [9.17, 15) is 4.79 Å².